The van der Waals surface area contributed by atoms with Crippen molar-refractivity contribution in [3.05, 3.63) is 138 Å². The van der Waals surface area contributed by atoms with Gasteiger partial charge in [0.2, 0.25) is 0 Å². The number of nitrogens with one attached hydrogen (secondary N) is 1. The Labute approximate surface area is 192 Å². The van der Waals surface area contributed by atoms with Gasteiger partial charge in [-0.2, -0.15) is 5.10 Å². The van der Waals surface area contributed by atoms with Crippen LogP contribution in [0.2, 0.25) is 0 Å². The molecule has 3 aromatic carbocycles. The zero-order chi connectivity index (χ0) is 22.5. The van der Waals surface area contributed by atoms with Crippen molar-refractivity contribution in [1.82, 2.24) is 15.0 Å². The van der Waals surface area contributed by atoms with E-state index in [4.69, 9.17) is 0 Å². The zero-order valence-electron chi connectivity index (χ0n) is 17.9. The Morgan fingerprint density at radius 1 is 0.788 bits per heavy atom. The molecule has 5 aromatic rings. The largest absolute Gasteiger partial charge is 0.332 e. The third kappa shape index (κ3) is 4.43. The summed E-state index contributed by atoms with van der Waals surface area (Å²) in [6.45, 7) is 0.594. The number of hydrogen-bond donors (Lipinski definition) is 1. The van der Waals surface area contributed by atoms with Crippen LogP contribution < -0.4 is 5.43 Å². The van der Waals surface area contributed by atoms with E-state index in [2.05, 4.69) is 27.6 Å². The quantitative estimate of drug-likeness (QED) is 0.295. The fraction of sp³-hybridized carbons (Fsp3) is 0.0357. The summed E-state index contributed by atoms with van der Waals surface area (Å²) in [6, 6.07) is 33.6. The van der Waals surface area contributed by atoms with E-state index in [9.17, 15) is 4.79 Å². The van der Waals surface area contributed by atoms with Gasteiger partial charge in [-0.1, -0.05) is 78.9 Å². The molecular formula is C28H22N4O. The van der Waals surface area contributed by atoms with Gasteiger partial charge in [-0.15, -0.1) is 0 Å². The fourth-order valence-electron chi connectivity index (χ4n) is 3.90. The van der Waals surface area contributed by atoms with Crippen LogP contribution in [0.5, 0.6) is 0 Å². The standard InChI is InChI=1S/C28H22N4O/c33-28(31-30-27(22-11-5-2-6-12-22)23-15-17-29-18-16-23)26-19-24-13-7-8-14-25(24)32(26)20-21-9-3-1-4-10-21/h1-19H,20H2,(H,31,33)/b30-27+. The molecule has 0 saturated carbocycles. The molecular weight excluding hydrogens is 408 g/mol. The molecule has 1 N–H and O–H groups in total. The van der Waals surface area contributed by atoms with E-state index in [0.29, 0.717) is 18.0 Å². The van der Waals surface area contributed by atoms with Gasteiger partial charge in [-0.3, -0.25) is 9.78 Å². The number of hydrazone groups is 1. The second kappa shape index (κ2) is 9.32. The van der Waals surface area contributed by atoms with Crippen LogP contribution >= 0.6 is 0 Å². The summed E-state index contributed by atoms with van der Waals surface area (Å²) in [4.78, 5) is 17.4. The number of rotatable bonds is 6. The van der Waals surface area contributed by atoms with Gasteiger partial charge in [-0.25, -0.2) is 5.43 Å². The number of carbonyl (C=O) groups excluding carboxylic acids is 1. The first-order chi connectivity index (χ1) is 16.3. The Morgan fingerprint density at radius 3 is 2.18 bits per heavy atom. The molecule has 160 valence electrons. The average molecular weight is 431 g/mol. The molecule has 0 aliphatic carbocycles. The van der Waals surface area contributed by atoms with Gasteiger partial charge in [0.05, 0.1) is 5.71 Å². The predicted molar refractivity (Wildman–Crippen MR) is 131 cm³/mol. The van der Waals surface area contributed by atoms with Crippen LogP contribution in [-0.4, -0.2) is 21.2 Å². The molecule has 0 aliphatic heterocycles. The monoisotopic (exact) mass is 430 g/mol. The minimum Gasteiger partial charge on any atom is -0.332 e. The molecule has 5 heteroatoms. The first-order valence-corrected chi connectivity index (χ1v) is 10.8. The van der Waals surface area contributed by atoms with Crippen molar-refractivity contribution in [2.45, 2.75) is 6.54 Å². The molecule has 0 atom stereocenters. The second-order valence-corrected chi connectivity index (χ2v) is 7.66. The third-order valence-electron chi connectivity index (χ3n) is 5.50. The number of hydrogen-bond acceptors (Lipinski definition) is 3. The van der Waals surface area contributed by atoms with E-state index in [0.717, 1.165) is 27.6 Å². The third-order valence-corrected chi connectivity index (χ3v) is 5.50. The lowest BCUT2D eigenvalue weighted by Crippen LogP contribution is -2.23. The molecule has 5 nitrogen and oxygen atoms in total. The summed E-state index contributed by atoms with van der Waals surface area (Å²) in [7, 11) is 0. The van der Waals surface area contributed by atoms with Crippen molar-refractivity contribution >= 4 is 22.5 Å². The second-order valence-electron chi connectivity index (χ2n) is 7.66. The Balaban J connectivity index is 1.52. The van der Waals surface area contributed by atoms with E-state index in [-0.39, 0.29) is 5.91 Å². The average Bonchev–Trinajstić information content (AvgIpc) is 3.24. The smallest absolute Gasteiger partial charge is 0.288 e. The van der Waals surface area contributed by atoms with Crippen LogP contribution in [0.15, 0.2) is 121 Å². The van der Waals surface area contributed by atoms with E-state index in [1.807, 2.05) is 95.6 Å². The number of aromatic nitrogens is 2. The van der Waals surface area contributed by atoms with Gasteiger partial charge in [0, 0.05) is 41.0 Å². The Hall–Kier alpha value is -4.51. The summed E-state index contributed by atoms with van der Waals surface area (Å²) >= 11 is 0. The van der Waals surface area contributed by atoms with Crippen molar-refractivity contribution in [3.63, 3.8) is 0 Å². The molecule has 0 bridgehead atoms. The summed E-state index contributed by atoms with van der Waals surface area (Å²) in [6.07, 6.45) is 3.43. The van der Waals surface area contributed by atoms with Crippen molar-refractivity contribution < 1.29 is 4.79 Å². The van der Waals surface area contributed by atoms with Gasteiger partial charge in [0.25, 0.3) is 5.91 Å². The lowest BCUT2D eigenvalue weighted by molar-refractivity contribution is 0.0946. The van der Waals surface area contributed by atoms with Crippen molar-refractivity contribution in [3.8, 4) is 0 Å². The highest BCUT2D eigenvalue weighted by Crippen LogP contribution is 2.21. The SMILES string of the molecule is O=C(N/N=C(\c1ccccc1)c1ccncc1)c1cc2ccccc2n1Cc1ccccc1. The predicted octanol–water partition coefficient (Wildman–Crippen LogP) is 5.27. The summed E-state index contributed by atoms with van der Waals surface area (Å²) < 4.78 is 2.03. The van der Waals surface area contributed by atoms with E-state index in [1.165, 1.54) is 0 Å². The van der Waals surface area contributed by atoms with E-state index < -0.39 is 0 Å². The molecule has 1 amide bonds. The lowest BCUT2D eigenvalue weighted by Gasteiger charge is -2.11. The number of amides is 1. The molecule has 0 radical (unpaired) electrons. The maximum Gasteiger partial charge on any atom is 0.288 e. The number of pyridine rings is 1. The summed E-state index contributed by atoms with van der Waals surface area (Å²) in [5.74, 6) is -0.260. The van der Waals surface area contributed by atoms with Gasteiger partial charge < -0.3 is 4.57 Å². The lowest BCUT2D eigenvalue weighted by atomic mass is 10.0. The molecule has 0 aliphatic rings. The van der Waals surface area contributed by atoms with Crippen LogP contribution in [0.25, 0.3) is 10.9 Å². The maximum absolute atomic E-state index is 13.3. The number of carbonyl (C=O) groups is 1. The fourth-order valence-corrected chi connectivity index (χ4v) is 3.90. The molecule has 2 aromatic heterocycles. The van der Waals surface area contributed by atoms with Crippen LogP contribution in [-0.2, 0) is 6.54 Å². The van der Waals surface area contributed by atoms with E-state index >= 15 is 0 Å². The van der Waals surface area contributed by atoms with Crippen molar-refractivity contribution in [2.24, 2.45) is 5.10 Å². The molecule has 5 rings (SSSR count). The highest BCUT2D eigenvalue weighted by molar-refractivity contribution is 6.13. The number of nitrogens with zero attached hydrogens (tertiary/aromatic N) is 3. The molecule has 33 heavy (non-hydrogen) atoms. The van der Waals surface area contributed by atoms with Crippen molar-refractivity contribution in [2.75, 3.05) is 0 Å². The van der Waals surface area contributed by atoms with Gasteiger partial charge >= 0.3 is 0 Å². The van der Waals surface area contributed by atoms with Gasteiger partial charge in [-0.05, 0) is 29.8 Å². The number of fused-ring (bicyclic) bond motifs is 1. The minimum atomic E-state index is -0.260. The highest BCUT2D eigenvalue weighted by atomic mass is 16.2. The first-order valence-electron chi connectivity index (χ1n) is 10.8. The first kappa shape index (κ1) is 20.4. The van der Waals surface area contributed by atoms with Crippen LogP contribution in [0.1, 0.15) is 27.2 Å². The van der Waals surface area contributed by atoms with Gasteiger partial charge in [0.15, 0.2) is 0 Å². The minimum absolute atomic E-state index is 0.260. The van der Waals surface area contributed by atoms with Crippen LogP contribution in [0.3, 0.4) is 0 Å². The van der Waals surface area contributed by atoms with Gasteiger partial charge in [0.1, 0.15) is 5.69 Å². The molecule has 0 fully saturated rings. The number of para-hydroxylation sites is 1. The molecule has 2 heterocycles. The maximum atomic E-state index is 13.3. The Morgan fingerprint density at radius 2 is 1.42 bits per heavy atom. The summed E-state index contributed by atoms with van der Waals surface area (Å²) in [5, 5.41) is 5.55. The molecule has 0 spiro atoms. The van der Waals surface area contributed by atoms with E-state index in [1.54, 1.807) is 12.4 Å². The Bertz CT molecular complexity index is 1370. The normalized spacial score (nSPS) is 11.5. The number of benzene rings is 3. The molecule has 0 unspecified atom stereocenters. The van der Waals surface area contributed by atoms with Crippen LogP contribution in [0, 0.1) is 0 Å². The zero-order valence-corrected chi connectivity index (χ0v) is 17.9. The van der Waals surface area contributed by atoms with Crippen LogP contribution in [0.4, 0.5) is 0 Å². The van der Waals surface area contributed by atoms with Crippen molar-refractivity contribution in [1.29, 1.82) is 0 Å². The topological polar surface area (TPSA) is 59.3 Å². The highest BCUT2D eigenvalue weighted by Gasteiger charge is 2.16. The Kier molecular flexibility index (Phi) is 5.76. The summed E-state index contributed by atoms with van der Waals surface area (Å²) in [5.41, 5.74) is 7.95. The molecule has 0 saturated heterocycles.